The molecule has 28 heavy (non-hydrogen) atoms. The van der Waals surface area contributed by atoms with E-state index in [0.29, 0.717) is 6.42 Å². The summed E-state index contributed by atoms with van der Waals surface area (Å²) in [5.74, 6) is -0.945. The highest BCUT2D eigenvalue weighted by Gasteiger charge is 2.36. The van der Waals surface area contributed by atoms with Gasteiger partial charge < -0.3 is 25.2 Å². The van der Waals surface area contributed by atoms with Crippen LogP contribution >= 0.6 is 0 Å². The van der Waals surface area contributed by atoms with Crippen molar-refractivity contribution in [2.45, 2.75) is 82.4 Å². The SMILES string of the molecule is CC/C=C\C/C=C\C/C=C\C[C@@H](O)/C=C/[C@@H](O)[C@@H]1C[C@H](O)[C@H](CCC(=O)O)O1. The van der Waals surface area contributed by atoms with Gasteiger partial charge in [0.2, 0.25) is 0 Å². The van der Waals surface area contributed by atoms with E-state index in [-0.39, 0.29) is 19.3 Å². The molecular formula is C22H34O6. The standard InChI is InChI=1S/C22H34O6/c1-2-3-4-5-6-7-8-9-10-11-17(23)12-13-18(24)21-16-19(25)20(28-21)14-15-22(26)27/h3-4,6-7,9-10,12-13,17-21,23-25H,2,5,8,11,14-16H2,1H3,(H,26,27)/b4-3-,7-6-,10-9-,13-12+/t17-,18-,19+,20+,21+/m1/s1. The Kier molecular flexibility index (Phi) is 12.4. The Hall–Kier alpha value is -1.73. The third-order valence-electron chi connectivity index (χ3n) is 4.46. The van der Waals surface area contributed by atoms with Crippen LogP contribution in [0.3, 0.4) is 0 Å². The van der Waals surface area contributed by atoms with Gasteiger partial charge in [-0.15, -0.1) is 0 Å². The molecule has 0 aromatic heterocycles. The van der Waals surface area contributed by atoms with Crippen molar-refractivity contribution in [3.8, 4) is 0 Å². The molecule has 158 valence electrons. The van der Waals surface area contributed by atoms with E-state index in [1.165, 1.54) is 12.2 Å². The molecule has 5 atom stereocenters. The van der Waals surface area contributed by atoms with E-state index in [4.69, 9.17) is 9.84 Å². The largest absolute Gasteiger partial charge is 0.481 e. The van der Waals surface area contributed by atoms with Crippen LogP contribution in [0.4, 0.5) is 0 Å². The van der Waals surface area contributed by atoms with E-state index in [1.54, 1.807) is 0 Å². The first-order valence-electron chi connectivity index (χ1n) is 9.98. The average Bonchev–Trinajstić information content (AvgIpc) is 3.04. The zero-order chi connectivity index (χ0) is 20.8. The Bertz CT molecular complexity index is 551. The predicted molar refractivity (Wildman–Crippen MR) is 109 cm³/mol. The van der Waals surface area contributed by atoms with Crippen molar-refractivity contribution < 1.29 is 30.0 Å². The minimum atomic E-state index is -0.956. The molecule has 0 saturated carbocycles. The lowest BCUT2D eigenvalue weighted by Crippen LogP contribution is -2.25. The van der Waals surface area contributed by atoms with Gasteiger partial charge in [-0.05, 0) is 32.1 Å². The Morgan fingerprint density at radius 1 is 1.07 bits per heavy atom. The molecule has 1 saturated heterocycles. The van der Waals surface area contributed by atoms with Gasteiger partial charge >= 0.3 is 5.97 Å². The first-order valence-corrected chi connectivity index (χ1v) is 9.98. The number of aliphatic carboxylic acids is 1. The van der Waals surface area contributed by atoms with Crippen LogP contribution in [0.2, 0.25) is 0 Å². The minimum Gasteiger partial charge on any atom is -0.481 e. The van der Waals surface area contributed by atoms with Crippen molar-refractivity contribution >= 4 is 5.97 Å². The van der Waals surface area contributed by atoms with E-state index >= 15 is 0 Å². The number of allylic oxidation sites excluding steroid dienone is 5. The number of hydrogen-bond donors (Lipinski definition) is 4. The lowest BCUT2D eigenvalue weighted by Gasteiger charge is -2.16. The van der Waals surface area contributed by atoms with E-state index < -0.39 is 36.5 Å². The first kappa shape index (κ1) is 24.3. The van der Waals surface area contributed by atoms with Crippen molar-refractivity contribution in [2.24, 2.45) is 0 Å². The van der Waals surface area contributed by atoms with Gasteiger partial charge in [-0.25, -0.2) is 0 Å². The second kappa shape index (κ2) is 14.3. The molecule has 6 heteroatoms. The second-order valence-electron chi connectivity index (χ2n) is 6.92. The molecule has 1 rings (SSSR count). The molecule has 1 aliphatic rings. The normalized spacial score (nSPS) is 25.5. The molecule has 0 aliphatic carbocycles. The van der Waals surface area contributed by atoms with Crippen molar-refractivity contribution in [1.82, 2.24) is 0 Å². The summed E-state index contributed by atoms with van der Waals surface area (Å²) in [5, 5.41) is 38.7. The fourth-order valence-corrected chi connectivity index (χ4v) is 2.90. The Morgan fingerprint density at radius 3 is 2.36 bits per heavy atom. The summed E-state index contributed by atoms with van der Waals surface area (Å²) in [6, 6.07) is 0. The van der Waals surface area contributed by atoms with Crippen molar-refractivity contribution in [2.75, 3.05) is 0 Å². The summed E-state index contributed by atoms with van der Waals surface area (Å²) in [7, 11) is 0. The fraction of sp³-hybridized carbons (Fsp3) is 0.591. The lowest BCUT2D eigenvalue weighted by atomic mass is 10.0. The van der Waals surface area contributed by atoms with Gasteiger partial charge in [-0.1, -0.05) is 55.5 Å². The summed E-state index contributed by atoms with van der Waals surface area (Å²) < 4.78 is 5.56. The van der Waals surface area contributed by atoms with Gasteiger partial charge in [0.25, 0.3) is 0 Å². The molecule has 4 N–H and O–H groups in total. The molecule has 6 nitrogen and oxygen atoms in total. The minimum absolute atomic E-state index is 0.0872. The third-order valence-corrected chi connectivity index (χ3v) is 4.46. The number of aliphatic hydroxyl groups is 3. The first-order chi connectivity index (χ1) is 13.4. The number of carboxylic acid groups (broad SMARTS) is 1. The lowest BCUT2D eigenvalue weighted by molar-refractivity contribution is -0.138. The summed E-state index contributed by atoms with van der Waals surface area (Å²) in [6.07, 6.45) is 15.3. The van der Waals surface area contributed by atoms with Gasteiger partial charge in [-0.2, -0.15) is 0 Å². The zero-order valence-corrected chi connectivity index (χ0v) is 16.6. The molecule has 0 aromatic carbocycles. The highest BCUT2D eigenvalue weighted by Crippen LogP contribution is 2.26. The van der Waals surface area contributed by atoms with Crippen molar-refractivity contribution in [1.29, 1.82) is 0 Å². The summed E-state index contributed by atoms with van der Waals surface area (Å²) in [6.45, 7) is 2.10. The van der Waals surface area contributed by atoms with Crippen molar-refractivity contribution in [3.63, 3.8) is 0 Å². The number of carbonyl (C=O) groups is 1. The summed E-state index contributed by atoms with van der Waals surface area (Å²) in [4.78, 5) is 10.6. The molecule has 1 heterocycles. The molecule has 0 radical (unpaired) electrons. The Balaban J connectivity index is 2.28. The monoisotopic (exact) mass is 394 g/mol. The van der Waals surface area contributed by atoms with Gasteiger partial charge in [0.05, 0.1) is 30.5 Å². The van der Waals surface area contributed by atoms with Gasteiger partial charge in [0.15, 0.2) is 0 Å². The van der Waals surface area contributed by atoms with Crippen LogP contribution < -0.4 is 0 Å². The maximum Gasteiger partial charge on any atom is 0.303 e. The van der Waals surface area contributed by atoms with Gasteiger partial charge in [0, 0.05) is 12.8 Å². The van der Waals surface area contributed by atoms with Gasteiger partial charge in [-0.3, -0.25) is 4.79 Å². The molecule has 0 unspecified atom stereocenters. The van der Waals surface area contributed by atoms with Crippen LogP contribution in [-0.2, 0) is 9.53 Å². The molecule has 0 bridgehead atoms. The quantitative estimate of drug-likeness (QED) is 0.358. The second-order valence-corrected chi connectivity index (χ2v) is 6.92. The van der Waals surface area contributed by atoms with E-state index in [0.717, 1.165) is 19.3 Å². The maximum atomic E-state index is 10.6. The highest BCUT2D eigenvalue weighted by molar-refractivity contribution is 5.66. The van der Waals surface area contributed by atoms with E-state index in [2.05, 4.69) is 31.2 Å². The summed E-state index contributed by atoms with van der Waals surface area (Å²) in [5.41, 5.74) is 0. The van der Waals surface area contributed by atoms with Crippen LogP contribution in [0.15, 0.2) is 48.6 Å². The van der Waals surface area contributed by atoms with E-state index in [9.17, 15) is 20.1 Å². The number of ether oxygens (including phenoxy) is 1. The van der Waals surface area contributed by atoms with Gasteiger partial charge in [0.1, 0.15) is 0 Å². The van der Waals surface area contributed by atoms with Crippen LogP contribution in [0.5, 0.6) is 0 Å². The molecule has 0 aromatic rings. The maximum absolute atomic E-state index is 10.6. The molecule has 0 amide bonds. The molecular weight excluding hydrogens is 360 g/mol. The average molecular weight is 395 g/mol. The van der Waals surface area contributed by atoms with Crippen LogP contribution in [0.25, 0.3) is 0 Å². The van der Waals surface area contributed by atoms with Crippen LogP contribution in [0.1, 0.15) is 51.9 Å². The van der Waals surface area contributed by atoms with E-state index in [1.807, 2.05) is 12.2 Å². The third kappa shape index (κ3) is 10.6. The number of carboxylic acids is 1. The molecule has 1 aliphatic heterocycles. The van der Waals surface area contributed by atoms with Crippen molar-refractivity contribution in [3.05, 3.63) is 48.6 Å². The predicted octanol–water partition coefficient (Wildman–Crippen LogP) is 2.90. The summed E-state index contributed by atoms with van der Waals surface area (Å²) >= 11 is 0. The fourth-order valence-electron chi connectivity index (χ4n) is 2.90. The zero-order valence-electron chi connectivity index (χ0n) is 16.6. The number of aliphatic hydroxyl groups excluding tert-OH is 3. The topological polar surface area (TPSA) is 107 Å². The Morgan fingerprint density at radius 2 is 1.71 bits per heavy atom. The van der Waals surface area contributed by atoms with Crippen LogP contribution in [-0.4, -0.2) is 56.9 Å². The highest BCUT2D eigenvalue weighted by atomic mass is 16.5. The molecule has 1 fully saturated rings. The number of rotatable bonds is 13. The Labute approximate surface area is 167 Å². The number of hydrogen-bond acceptors (Lipinski definition) is 5. The van der Waals surface area contributed by atoms with Crippen LogP contribution in [0, 0.1) is 0 Å². The smallest absolute Gasteiger partial charge is 0.303 e. The molecule has 0 spiro atoms.